The van der Waals surface area contributed by atoms with Crippen LogP contribution in [0.3, 0.4) is 0 Å². The normalized spacial score (nSPS) is 10.8. The molecule has 0 N–H and O–H groups in total. The van der Waals surface area contributed by atoms with Crippen molar-refractivity contribution in [3.05, 3.63) is 35.4 Å². The molecule has 0 radical (unpaired) electrons. The molecule has 1 aromatic rings. The van der Waals surface area contributed by atoms with Crippen LogP contribution in [0.4, 0.5) is 0 Å². The number of hydrogen-bond acceptors (Lipinski definition) is 1. The van der Waals surface area contributed by atoms with Crippen molar-refractivity contribution in [2.75, 3.05) is 0 Å². The van der Waals surface area contributed by atoms with E-state index < -0.39 is 0 Å². The lowest BCUT2D eigenvalue weighted by Crippen LogP contribution is -1.94. The molecule has 0 unspecified atom stereocenters. The van der Waals surface area contributed by atoms with E-state index in [1.54, 1.807) is 0 Å². The Morgan fingerprint density at radius 3 is 1.73 bits per heavy atom. The summed E-state index contributed by atoms with van der Waals surface area (Å²) in [4.78, 5) is 10.8. The Morgan fingerprint density at radius 2 is 1.23 bits per heavy atom. The molecule has 0 aromatic heterocycles. The minimum atomic E-state index is -0.289. The van der Waals surface area contributed by atoms with Crippen molar-refractivity contribution in [3.63, 3.8) is 0 Å². The smallest absolute Gasteiger partial charge is 0.226 e. The molecule has 0 saturated carbocycles. The molecule has 0 aliphatic heterocycles. The number of carbonyl (C=O) groups excluding carboxylic acids is 1. The van der Waals surface area contributed by atoms with Gasteiger partial charge in [0.2, 0.25) is 5.24 Å². The summed E-state index contributed by atoms with van der Waals surface area (Å²) in [5.74, 6) is 0. The van der Waals surface area contributed by atoms with Gasteiger partial charge < -0.3 is 0 Å². The third-order valence-electron chi connectivity index (χ3n) is 4.19. The Bertz CT molecular complexity index is 397. The van der Waals surface area contributed by atoms with Crippen LogP contribution in [0.1, 0.15) is 82.3 Å². The molecule has 0 atom stereocenters. The van der Waals surface area contributed by atoms with Crippen LogP contribution >= 0.6 is 11.6 Å². The number of unbranched alkanes of at least 4 members (excludes halogenated alkanes) is 9. The second kappa shape index (κ2) is 12.7. The summed E-state index contributed by atoms with van der Waals surface area (Å²) < 4.78 is 0. The standard InChI is InChI=1S/C20H31ClO/c1-2-3-4-5-6-7-8-9-10-11-12-18-13-15-19(16-14-18)17-20(21)22/h13-16H,2-12,17H2,1H3. The van der Waals surface area contributed by atoms with Crippen LogP contribution in [0.5, 0.6) is 0 Å². The van der Waals surface area contributed by atoms with Crippen LogP contribution in [-0.2, 0) is 17.6 Å². The average Bonchev–Trinajstić information content (AvgIpc) is 2.50. The van der Waals surface area contributed by atoms with E-state index in [0.717, 1.165) is 12.0 Å². The van der Waals surface area contributed by atoms with Crippen LogP contribution in [0.15, 0.2) is 24.3 Å². The first-order valence-electron chi connectivity index (χ1n) is 8.98. The third-order valence-corrected chi connectivity index (χ3v) is 4.32. The van der Waals surface area contributed by atoms with Gasteiger partial charge in [0.05, 0.1) is 0 Å². The minimum absolute atomic E-state index is 0.289. The van der Waals surface area contributed by atoms with Gasteiger partial charge in [0.1, 0.15) is 0 Å². The number of hydrogen-bond donors (Lipinski definition) is 0. The molecule has 1 rings (SSSR count). The van der Waals surface area contributed by atoms with Crippen LogP contribution < -0.4 is 0 Å². The van der Waals surface area contributed by atoms with E-state index in [1.165, 1.54) is 69.8 Å². The van der Waals surface area contributed by atoms with E-state index in [-0.39, 0.29) is 5.24 Å². The van der Waals surface area contributed by atoms with Gasteiger partial charge in [-0.2, -0.15) is 0 Å². The number of carbonyl (C=O) groups is 1. The van der Waals surface area contributed by atoms with Crippen molar-refractivity contribution in [1.29, 1.82) is 0 Å². The van der Waals surface area contributed by atoms with Gasteiger partial charge in [-0.25, -0.2) is 0 Å². The third kappa shape index (κ3) is 10.00. The average molecular weight is 323 g/mol. The Balaban J connectivity index is 1.99. The molecule has 0 aliphatic carbocycles. The second-order valence-electron chi connectivity index (χ2n) is 6.28. The summed E-state index contributed by atoms with van der Waals surface area (Å²) in [6, 6.07) is 8.30. The van der Waals surface area contributed by atoms with E-state index in [1.807, 2.05) is 12.1 Å². The lowest BCUT2D eigenvalue weighted by molar-refractivity contribution is -0.111. The number of halogens is 1. The highest BCUT2D eigenvalue weighted by molar-refractivity contribution is 6.63. The van der Waals surface area contributed by atoms with Crippen molar-refractivity contribution in [3.8, 4) is 0 Å². The lowest BCUT2D eigenvalue weighted by atomic mass is 10.0. The van der Waals surface area contributed by atoms with Gasteiger partial charge in [-0.15, -0.1) is 0 Å². The molecule has 0 fully saturated rings. The molecule has 2 heteroatoms. The van der Waals surface area contributed by atoms with E-state index >= 15 is 0 Å². The molecule has 124 valence electrons. The lowest BCUT2D eigenvalue weighted by Gasteiger charge is -2.04. The molecule has 22 heavy (non-hydrogen) atoms. The summed E-state index contributed by atoms with van der Waals surface area (Å²) in [6.07, 6.45) is 15.2. The Labute approximate surface area is 141 Å². The van der Waals surface area contributed by atoms with E-state index in [9.17, 15) is 4.79 Å². The van der Waals surface area contributed by atoms with Gasteiger partial charge in [0.25, 0.3) is 0 Å². The fourth-order valence-electron chi connectivity index (χ4n) is 2.80. The topological polar surface area (TPSA) is 17.1 Å². The highest BCUT2D eigenvalue weighted by Gasteiger charge is 2.00. The van der Waals surface area contributed by atoms with Gasteiger partial charge >= 0.3 is 0 Å². The molecule has 0 aliphatic rings. The molecule has 0 spiro atoms. The zero-order valence-corrected chi connectivity index (χ0v) is 14.8. The van der Waals surface area contributed by atoms with E-state index in [0.29, 0.717) is 6.42 Å². The first-order chi connectivity index (χ1) is 10.7. The SMILES string of the molecule is CCCCCCCCCCCCc1ccc(CC(=O)Cl)cc1. The van der Waals surface area contributed by atoms with Gasteiger partial charge in [-0.05, 0) is 35.6 Å². The van der Waals surface area contributed by atoms with Crippen molar-refractivity contribution < 1.29 is 4.79 Å². The fourth-order valence-corrected chi connectivity index (χ4v) is 2.96. The quantitative estimate of drug-likeness (QED) is 0.301. The maximum Gasteiger partial charge on any atom is 0.226 e. The maximum absolute atomic E-state index is 10.8. The molecular weight excluding hydrogens is 292 g/mol. The van der Waals surface area contributed by atoms with Crippen molar-refractivity contribution in [2.45, 2.75) is 84.0 Å². The zero-order valence-electron chi connectivity index (χ0n) is 14.1. The Morgan fingerprint density at radius 1 is 0.773 bits per heavy atom. The van der Waals surface area contributed by atoms with Crippen LogP contribution in [0.25, 0.3) is 0 Å². The monoisotopic (exact) mass is 322 g/mol. The first-order valence-corrected chi connectivity index (χ1v) is 9.36. The van der Waals surface area contributed by atoms with Crippen molar-refractivity contribution >= 4 is 16.8 Å². The zero-order chi connectivity index (χ0) is 16.0. The van der Waals surface area contributed by atoms with Gasteiger partial charge in [-0.3, -0.25) is 4.79 Å². The first kappa shape index (κ1) is 19.2. The Kier molecular flexibility index (Phi) is 11.1. The maximum atomic E-state index is 10.8. The number of aryl methyl sites for hydroxylation is 1. The van der Waals surface area contributed by atoms with Gasteiger partial charge in [0.15, 0.2) is 0 Å². The molecular formula is C20H31ClO. The summed E-state index contributed by atoms with van der Waals surface area (Å²) in [6.45, 7) is 2.27. The molecule has 0 heterocycles. The van der Waals surface area contributed by atoms with E-state index in [4.69, 9.17) is 11.6 Å². The predicted molar refractivity (Wildman–Crippen MR) is 96.6 cm³/mol. The van der Waals surface area contributed by atoms with Crippen LogP contribution in [0, 0.1) is 0 Å². The molecule has 1 aromatic carbocycles. The predicted octanol–water partition coefficient (Wildman–Crippen LogP) is 6.46. The van der Waals surface area contributed by atoms with Crippen LogP contribution in [0.2, 0.25) is 0 Å². The molecule has 0 saturated heterocycles. The summed E-state index contributed by atoms with van der Waals surface area (Å²) >= 11 is 5.39. The summed E-state index contributed by atoms with van der Waals surface area (Å²) in [5, 5.41) is -0.289. The largest absolute Gasteiger partial charge is 0.281 e. The fraction of sp³-hybridized carbons (Fsp3) is 0.650. The second-order valence-corrected chi connectivity index (χ2v) is 6.70. The molecule has 0 amide bonds. The van der Waals surface area contributed by atoms with Crippen molar-refractivity contribution in [2.24, 2.45) is 0 Å². The molecule has 0 bridgehead atoms. The van der Waals surface area contributed by atoms with Gasteiger partial charge in [-0.1, -0.05) is 89.0 Å². The minimum Gasteiger partial charge on any atom is -0.281 e. The molecule has 1 nitrogen and oxygen atoms in total. The van der Waals surface area contributed by atoms with Crippen LogP contribution in [-0.4, -0.2) is 5.24 Å². The van der Waals surface area contributed by atoms with Crippen molar-refractivity contribution in [1.82, 2.24) is 0 Å². The Hall–Kier alpha value is -0.820. The van der Waals surface area contributed by atoms with Gasteiger partial charge in [0, 0.05) is 6.42 Å². The van der Waals surface area contributed by atoms with E-state index in [2.05, 4.69) is 19.1 Å². The highest BCUT2D eigenvalue weighted by Crippen LogP contribution is 2.13. The summed E-state index contributed by atoms with van der Waals surface area (Å²) in [7, 11) is 0. The summed E-state index contributed by atoms with van der Waals surface area (Å²) in [5.41, 5.74) is 2.37. The number of rotatable bonds is 13. The number of benzene rings is 1. The highest BCUT2D eigenvalue weighted by atomic mass is 35.5.